The van der Waals surface area contributed by atoms with Gasteiger partial charge in [0.05, 0.1) is 5.69 Å². The van der Waals surface area contributed by atoms with E-state index in [0.717, 1.165) is 29.9 Å². The van der Waals surface area contributed by atoms with Crippen LogP contribution in [0.3, 0.4) is 0 Å². The number of nitrogens with zero attached hydrogens (tertiary/aromatic N) is 1. The molecule has 0 fully saturated rings. The first-order valence-electron chi connectivity index (χ1n) is 6.50. The third-order valence-corrected chi connectivity index (χ3v) is 3.25. The SMILES string of the molecule is CCc1noc(CC)c1CNC(=O)C(C)C(C)N. The molecule has 0 saturated heterocycles. The Morgan fingerprint density at radius 1 is 1.39 bits per heavy atom. The van der Waals surface area contributed by atoms with Gasteiger partial charge in [-0.3, -0.25) is 4.79 Å². The number of nitrogens with one attached hydrogen (secondary N) is 1. The van der Waals surface area contributed by atoms with Gasteiger partial charge in [0.15, 0.2) is 0 Å². The van der Waals surface area contributed by atoms with Crippen molar-refractivity contribution in [2.45, 2.75) is 53.1 Å². The van der Waals surface area contributed by atoms with E-state index < -0.39 is 0 Å². The van der Waals surface area contributed by atoms with Crippen LogP contribution in [0.5, 0.6) is 0 Å². The fourth-order valence-corrected chi connectivity index (χ4v) is 1.71. The van der Waals surface area contributed by atoms with Gasteiger partial charge in [0.1, 0.15) is 5.76 Å². The maximum Gasteiger partial charge on any atom is 0.224 e. The lowest BCUT2D eigenvalue weighted by molar-refractivity contribution is -0.125. The first-order valence-corrected chi connectivity index (χ1v) is 6.50. The fourth-order valence-electron chi connectivity index (χ4n) is 1.71. The molecule has 1 rings (SSSR count). The van der Waals surface area contributed by atoms with Crippen LogP contribution in [0.2, 0.25) is 0 Å². The van der Waals surface area contributed by atoms with Crippen LogP contribution in [0, 0.1) is 5.92 Å². The van der Waals surface area contributed by atoms with Gasteiger partial charge >= 0.3 is 0 Å². The zero-order valence-corrected chi connectivity index (χ0v) is 11.6. The van der Waals surface area contributed by atoms with Crippen LogP contribution in [-0.4, -0.2) is 17.1 Å². The Hall–Kier alpha value is -1.36. The van der Waals surface area contributed by atoms with Crippen LogP contribution < -0.4 is 11.1 Å². The van der Waals surface area contributed by atoms with E-state index in [4.69, 9.17) is 10.3 Å². The van der Waals surface area contributed by atoms with Gasteiger partial charge in [-0.05, 0) is 13.3 Å². The van der Waals surface area contributed by atoms with Gasteiger partial charge in [0, 0.05) is 30.5 Å². The highest BCUT2D eigenvalue weighted by atomic mass is 16.5. The van der Waals surface area contributed by atoms with Crippen molar-refractivity contribution >= 4 is 5.91 Å². The number of aryl methyl sites for hydroxylation is 2. The number of hydrogen-bond donors (Lipinski definition) is 2. The highest BCUT2D eigenvalue weighted by Crippen LogP contribution is 2.15. The minimum atomic E-state index is -0.194. The summed E-state index contributed by atoms with van der Waals surface area (Å²) in [6.07, 6.45) is 1.58. The summed E-state index contributed by atoms with van der Waals surface area (Å²) in [6, 6.07) is -0.149. The van der Waals surface area contributed by atoms with Crippen molar-refractivity contribution in [3.63, 3.8) is 0 Å². The van der Waals surface area contributed by atoms with Crippen molar-refractivity contribution in [3.8, 4) is 0 Å². The van der Waals surface area contributed by atoms with Crippen molar-refractivity contribution in [2.75, 3.05) is 0 Å². The normalized spacial score (nSPS) is 14.3. The first kappa shape index (κ1) is 14.7. The molecular formula is C13H23N3O2. The average molecular weight is 253 g/mol. The predicted octanol–water partition coefficient (Wildman–Crippen LogP) is 1.40. The molecule has 0 aliphatic carbocycles. The largest absolute Gasteiger partial charge is 0.361 e. The number of aromatic nitrogens is 1. The minimum absolute atomic E-state index is 0.0321. The highest BCUT2D eigenvalue weighted by Gasteiger charge is 2.19. The van der Waals surface area contributed by atoms with Crippen molar-refractivity contribution in [1.29, 1.82) is 0 Å². The topological polar surface area (TPSA) is 81.2 Å². The standard InChI is InChI=1S/C13H23N3O2/c1-5-11-10(12(6-2)18-16-11)7-15-13(17)8(3)9(4)14/h8-9H,5-7,14H2,1-4H3,(H,15,17). The number of amides is 1. The molecule has 1 amide bonds. The second kappa shape index (κ2) is 6.54. The summed E-state index contributed by atoms with van der Waals surface area (Å²) in [7, 11) is 0. The molecule has 0 saturated carbocycles. The Kier molecular flexibility index (Phi) is 5.34. The molecule has 5 heteroatoms. The molecule has 0 bridgehead atoms. The first-order chi connectivity index (χ1) is 8.51. The number of carbonyl (C=O) groups is 1. The van der Waals surface area contributed by atoms with E-state index in [2.05, 4.69) is 10.5 Å². The number of nitrogens with two attached hydrogens (primary N) is 1. The quantitative estimate of drug-likeness (QED) is 0.803. The molecule has 5 nitrogen and oxygen atoms in total. The van der Waals surface area contributed by atoms with E-state index in [0.29, 0.717) is 6.54 Å². The van der Waals surface area contributed by atoms with E-state index in [-0.39, 0.29) is 17.9 Å². The molecule has 1 heterocycles. The molecule has 0 aliphatic rings. The van der Waals surface area contributed by atoms with Gasteiger partial charge in [-0.15, -0.1) is 0 Å². The molecule has 3 N–H and O–H groups in total. The van der Waals surface area contributed by atoms with E-state index in [9.17, 15) is 4.79 Å². The zero-order chi connectivity index (χ0) is 13.7. The van der Waals surface area contributed by atoms with Crippen LogP contribution in [-0.2, 0) is 24.2 Å². The van der Waals surface area contributed by atoms with Gasteiger partial charge in [-0.25, -0.2) is 0 Å². The monoisotopic (exact) mass is 253 g/mol. The summed E-state index contributed by atoms with van der Waals surface area (Å²) in [6.45, 7) is 8.16. The maximum absolute atomic E-state index is 11.8. The van der Waals surface area contributed by atoms with Crippen molar-refractivity contribution in [1.82, 2.24) is 10.5 Å². The lowest BCUT2D eigenvalue weighted by Crippen LogP contribution is -2.38. The predicted molar refractivity (Wildman–Crippen MR) is 69.9 cm³/mol. The lowest BCUT2D eigenvalue weighted by atomic mass is 10.0. The smallest absolute Gasteiger partial charge is 0.224 e. The third-order valence-electron chi connectivity index (χ3n) is 3.25. The fraction of sp³-hybridized carbons (Fsp3) is 0.692. The summed E-state index contributed by atoms with van der Waals surface area (Å²) in [5.41, 5.74) is 7.63. The van der Waals surface area contributed by atoms with Gasteiger partial charge in [0.25, 0.3) is 0 Å². The van der Waals surface area contributed by atoms with Crippen molar-refractivity contribution in [3.05, 3.63) is 17.0 Å². The van der Waals surface area contributed by atoms with E-state index in [1.807, 2.05) is 27.7 Å². The molecule has 0 aliphatic heterocycles. The van der Waals surface area contributed by atoms with Crippen molar-refractivity contribution < 1.29 is 9.32 Å². The van der Waals surface area contributed by atoms with Crippen LogP contribution >= 0.6 is 0 Å². The minimum Gasteiger partial charge on any atom is -0.361 e. The zero-order valence-electron chi connectivity index (χ0n) is 11.6. The van der Waals surface area contributed by atoms with Gasteiger partial charge in [-0.1, -0.05) is 25.9 Å². The van der Waals surface area contributed by atoms with Crippen LogP contribution in [0.4, 0.5) is 0 Å². The van der Waals surface area contributed by atoms with Gasteiger partial charge < -0.3 is 15.6 Å². The Balaban J connectivity index is 2.68. The van der Waals surface area contributed by atoms with Gasteiger partial charge in [-0.2, -0.15) is 0 Å². The number of rotatable bonds is 6. The lowest BCUT2D eigenvalue weighted by Gasteiger charge is -2.15. The summed E-state index contributed by atoms with van der Waals surface area (Å²) < 4.78 is 5.25. The van der Waals surface area contributed by atoms with Crippen LogP contribution in [0.1, 0.15) is 44.7 Å². The molecule has 2 unspecified atom stereocenters. The summed E-state index contributed by atoms with van der Waals surface area (Å²) in [5, 5.41) is 6.91. The second-order valence-corrected chi connectivity index (χ2v) is 4.60. The molecule has 18 heavy (non-hydrogen) atoms. The van der Waals surface area contributed by atoms with E-state index in [1.54, 1.807) is 0 Å². The molecular weight excluding hydrogens is 230 g/mol. The van der Waals surface area contributed by atoms with Crippen LogP contribution in [0.25, 0.3) is 0 Å². The number of carbonyl (C=O) groups excluding carboxylic acids is 1. The molecule has 1 aromatic rings. The molecule has 102 valence electrons. The molecule has 0 spiro atoms. The van der Waals surface area contributed by atoms with E-state index in [1.165, 1.54) is 0 Å². The van der Waals surface area contributed by atoms with Crippen molar-refractivity contribution in [2.24, 2.45) is 11.7 Å². The Morgan fingerprint density at radius 3 is 2.56 bits per heavy atom. The highest BCUT2D eigenvalue weighted by molar-refractivity contribution is 5.78. The molecule has 1 aromatic heterocycles. The molecule has 0 aromatic carbocycles. The Bertz CT molecular complexity index is 377. The summed E-state index contributed by atoms with van der Waals surface area (Å²) >= 11 is 0. The van der Waals surface area contributed by atoms with Crippen LogP contribution in [0.15, 0.2) is 4.52 Å². The maximum atomic E-state index is 11.8. The Labute approximate surface area is 108 Å². The van der Waals surface area contributed by atoms with E-state index >= 15 is 0 Å². The molecule has 0 radical (unpaired) electrons. The summed E-state index contributed by atoms with van der Waals surface area (Å²) in [5.74, 6) is 0.621. The summed E-state index contributed by atoms with van der Waals surface area (Å²) in [4.78, 5) is 11.8. The average Bonchev–Trinajstić information content (AvgIpc) is 2.76. The molecule has 2 atom stereocenters. The Morgan fingerprint density at radius 2 is 2.06 bits per heavy atom. The second-order valence-electron chi connectivity index (χ2n) is 4.60. The van der Waals surface area contributed by atoms with Gasteiger partial charge in [0.2, 0.25) is 5.91 Å². The third kappa shape index (κ3) is 3.32. The number of hydrogen-bond acceptors (Lipinski definition) is 4.